The molecule has 0 bridgehead atoms. The first kappa shape index (κ1) is 13.1. The molecule has 1 aromatic heterocycles. The van der Waals surface area contributed by atoms with Gasteiger partial charge in [0.15, 0.2) is 0 Å². The van der Waals surface area contributed by atoms with E-state index in [1.165, 1.54) is 0 Å². The second-order valence-electron chi connectivity index (χ2n) is 4.38. The van der Waals surface area contributed by atoms with Crippen LogP contribution >= 0.6 is 0 Å². The summed E-state index contributed by atoms with van der Waals surface area (Å²) >= 11 is 0. The number of nitrogens with zero attached hydrogens (tertiary/aromatic N) is 3. The van der Waals surface area contributed by atoms with E-state index in [1.807, 2.05) is 42.3 Å². The van der Waals surface area contributed by atoms with Gasteiger partial charge in [0.25, 0.3) is 0 Å². The second kappa shape index (κ2) is 5.98. The van der Waals surface area contributed by atoms with Crippen LogP contribution in [-0.4, -0.2) is 12.0 Å². The number of benzene rings is 1. The molecule has 2 aromatic rings. The molecular formula is C15H16N4. The molecule has 0 fully saturated rings. The standard InChI is InChI=1S/C15H16N4/c1-19(11-12-4-6-18-7-5-12)15-3-2-13(9-16)8-14(15)10-17/h2-8H,9,11,16H2,1H3. The zero-order valence-electron chi connectivity index (χ0n) is 10.9. The molecule has 0 atom stereocenters. The van der Waals surface area contributed by atoms with Gasteiger partial charge in [-0.1, -0.05) is 6.07 Å². The van der Waals surface area contributed by atoms with Crippen molar-refractivity contribution in [2.45, 2.75) is 13.1 Å². The van der Waals surface area contributed by atoms with Gasteiger partial charge >= 0.3 is 0 Å². The average molecular weight is 252 g/mol. The van der Waals surface area contributed by atoms with Crippen LogP contribution in [0.15, 0.2) is 42.7 Å². The molecule has 0 saturated heterocycles. The number of hydrogen-bond acceptors (Lipinski definition) is 4. The molecule has 1 heterocycles. The van der Waals surface area contributed by atoms with Crippen molar-refractivity contribution in [3.63, 3.8) is 0 Å². The van der Waals surface area contributed by atoms with Crippen LogP contribution in [0.1, 0.15) is 16.7 Å². The lowest BCUT2D eigenvalue weighted by atomic mass is 10.1. The van der Waals surface area contributed by atoms with E-state index in [2.05, 4.69) is 11.1 Å². The lowest BCUT2D eigenvalue weighted by Crippen LogP contribution is -2.17. The van der Waals surface area contributed by atoms with E-state index in [1.54, 1.807) is 12.4 Å². The van der Waals surface area contributed by atoms with Gasteiger partial charge in [-0.05, 0) is 35.4 Å². The number of pyridine rings is 1. The highest BCUT2D eigenvalue weighted by molar-refractivity contribution is 5.60. The summed E-state index contributed by atoms with van der Waals surface area (Å²) in [6.07, 6.45) is 3.54. The molecule has 0 saturated carbocycles. The van der Waals surface area contributed by atoms with E-state index < -0.39 is 0 Å². The Morgan fingerprint density at radius 3 is 2.58 bits per heavy atom. The highest BCUT2D eigenvalue weighted by Crippen LogP contribution is 2.21. The van der Waals surface area contributed by atoms with Gasteiger partial charge in [0.1, 0.15) is 6.07 Å². The first-order valence-corrected chi connectivity index (χ1v) is 6.07. The Hall–Kier alpha value is -2.38. The molecule has 19 heavy (non-hydrogen) atoms. The average Bonchev–Trinajstić information content (AvgIpc) is 2.47. The Balaban J connectivity index is 2.24. The Kier molecular flexibility index (Phi) is 4.11. The van der Waals surface area contributed by atoms with Crippen molar-refractivity contribution >= 4 is 5.69 Å². The van der Waals surface area contributed by atoms with Gasteiger partial charge < -0.3 is 10.6 Å². The van der Waals surface area contributed by atoms with Crippen molar-refractivity contribution in [3.8, 4) is 6.07 Å². The minimum absolute atomic E-state index is 0.447. The number of hydrogen-bond donors (Lipinski definition) is 1. The van der Waals surface area contributed by atoms with Gasteiger partial charge in [0.2, 0.25) is 0 Å². The van der Waals surface area contributed by atoms with Crippen LogP contribution in [0.25, 0.3) is 0 Å². The molecule has 0 spiro atoms. The monoisotopic (exact) mass is 252 g/mol. The molecule has 96 valence electrons. The van der Waals surface area contributed by atoms with Gasteiger partial charge in [-0.15, -0.1) is 0 Å². The van der Waals surface area contributed by atoms with Crippen molar-refractivity contribution in [1.29, 1.82) is 5.26 Å². The fourth-order valence-corrected chi connectivity index (χ4v) is 1.98. The molecule has 0 aliphatic rings. The van der Waals surface area contributed by atoms with E-state index in [-0.39, 0.29) is 0 Å². The maximum atomic E-state index is 9.23. The third-order valence-corrected chi connectivity index (χ3v) is 3.00. The summed E-state index contributed by atoms with van der Waals surface area (Å²) in [6.45, 7) is 1.18. The van der Waals surface area contributed by atoms with Gasteiger partial charge in [0, 0.05) is 32.5 Å². The third kappa shape index (κ3) is 3.09. The van der Waals surface area contributed by atoms with E-state index in [9.17, 15) is 5.26 Å². The molecule has 0 aliphatic carbocycles. The number of anilines is 1. The Labute approximate surface area is 113 Å². The van der Waals surface area contributed by atoms with E-state index in [0.29, 0.717) is 12.1 Å². The summed E-state index contributed by atoms with van der Waals surface area (Å²) in [7, 11) is 1.97. The predicted molar refractivity (Wildman–Crippen MR) is 75.4 cm³/mol. The Bertz CT molecular complexity index is 587. The van der Waals surface area contributed by atoms with Crippen molar-refractivity contribution in [3.05, 3.63) is 59.4 Å². The number of rotatable bonds is 4. The normalized spacial score (nSPS) is 9.95. The highest BCUT2D eigenvalue weighted by Gasteiger charge is 2.08. The van der Waals surface area contributed by atoms with Crippen LogP contribution < -0.4 is 10.6 Å². The number of aromatic nitrogens is 1. The lowest BCUT2D eigenvalue weighted by molar-refractivity contribution is 0.915. The molecule has 1 aromatic carbocycles. The van der Waals surface area contributed by atoms with E-state index in [0.717, 1.165) is 23.4 Å². The summed E-state index contributed by atoms with van der Waals surface area (Å²) in [6, 6.07) is 11.9. The van der Waals surface area contributed by atoms with Gasteiger partial charge in [-0.2, -0.15) is 5.26 Å². The number of nitrogens with two attached hydrogens (primary N) is 1. The molecule has 2 rings (SSSR count). The quantitative estimate of drug-likeness (QED) is 0.904. The summed E-state index contributed by atoms with van der Waals surface area (Å²) in [4.78, 5) is 6.05. The largest absolute Gasteiger partial charge is 0.369 e. The summed E-state index contributed by atoms with van der Waals surface area (Å²) in [5, 5.41) is 9.23. The first-order valence-electron chi connectivity index (χ1n) is 6.07. The topological polar surface area (TPSA) is 65.9 Å². The fraction of sp³-hybridized carbons (Fsp3) is 0.200. The van der Waals surface area contributed by atoms with Crippen LogP contribution in [0.2, 0.25) is 0 Å². The smallest absolute Gasteiger partial charge is 0.101 e. The SMILES string of the molecule is CN(Cc1ccncc1)c1ccc(CN)cc1C#N. The predicted octanol–water partition coefficient (Wildman–Crippen LogP) is 2.05. The molecule has 4 nitrogen and oxygen atoms in total. The second-order valence-corrected chi connectivity index (χ2v) is 4.38. The first-order chi connectivity index (χ1) is 9.24. The molecule has 4 heteroatoms. The van der Waals surface area contributed by atoms with Crippen molar-refractivity contribution in [2.24, 2.45) is 5.73 Å². The van der Waals surface area contributed by atoms with Crippen LogP contribution in [0.4, 0.5) is 5.69 Å². The number of nitriles is 1. The lowest BCUT2D eigenvalue weighted by Gasteiger charge is -2.21. The van der Waals surface area contributed by atoms with Crippen LogP contribution in [0.5, 0.6) is 0 Å². The van der Waals surface area contributed by atoms with Gasteiger partial charge in [-0.3, -0.25) is 4.98 Å². The highest BCUT2D eigenvalue weighted by atomic mass is 15.1. The minimum Gasteiger partial charge on any atom is -0.369 e. The molecular weight excluding hydrogens is 236 g/mol. The van der Waals surface area contributed by atoms with Gasteiger partial charge in [0.05, 0.1) is 11.3 Å². The molecule has 0 aliphatic heterocycles. The summed E-state index contributed by atoms with van der Waals surface area (Å²) < 4.78 is 0. The van der Waals surface area contributed by atoms with Crippen molar-refractivity contribution in [1.82, 2.24) is 4.98 Å². The Morgan fingerprint density at radius 2 is 1.95 bits per heavy atom. The zero-order valence-corrected chi connectivity index (χ0v) is 10.9. The zero-order chi connectivity index (χ0) is 13.7. The molecule has 2 N–H and O–H groups in total. The van der Waals surface area contributed by atoms with Crippen molar-refractivity contribution < 1.29 is 0 Å². The van der Waals surface area contributed by atoms with Crippen LogP contribution in [0.3, 0.4) is 0 Å². The van der Waals surface area contributed by atoms with Crippen molar-refractivity contribution in [2.75, 3.05) is 11.9 Å². The maximum absolute atomic E-state index is 9.23. The van der Waals surface area contributed by atoms with E-state index >= 15 is 0 Å². The van der Waals surface area contributed by atoms with Crippen LogP contribution in [0, 0.1) is 11.3 Å². The van der Waals surface area contributed by atoms with E-state index in [4.69, 9.17) is 5.73 Å². The summed E-state index contributed by atoms with van der Waals surface area (Å²) in [5.41, 5.74) is 9.29. The van der Waals surface area contributed by atoms with Gasteiger partial charge in [-0.25, -0.2) is 0 Å². The Morgan fingerprint density at radius 1 is 1.21 bits per heavy atom. The third-order valence-electron chi connectivity index (χ3n) is 3.00. The fourth-order valence-electron chi connectivity index (χ4n) is 1.98. The summed E-state index contributed by atoms with van der Waals surface area (Å²) in [5.74, 6) is 0. The van der Waals surface area contributed by atoms with Crippen LogP contribution in [-0.2, 0) is 13.1 Å². The minimum atomic E-state index is 0.447. The molecule has 0 radical (unpaired) electrons. The maximum Gasteiger partial charge on any atom is 0.101 e. The molecule has 0 unspecified atom stereocenters. The molecule has 0 amide bonds.